The molecule has 3 N–H and O–H groups in total. The van der Waals surface area contributed by atoms with Crippen molar-refractivity contribution in [2.24, 2.45) is 0 Å². The maximum Gasteiger partial charge on any atom is 0.264 e. The number of pyridine rings is 1. The Hall–Kier alpha value is -2.80. The molecule has 7 heteroatoms. The van der Waals surface area contributed by atoms with Crippen LogP contribution in [0.4, 0.5) is 11.4 Å². The lowest BCUT2D eigenvalue weighted by atomic mass is 10.2. The summed E-state index contributed by atoms with van der Waals surface area (Å²) in [6.07, 6.45) is 0. The zero-order valence-electron chi connectivity index (χ0n) is 13.3. The van der Waals surface area contributed by atoms with Crippen molar-refractivity contribution in [3.8, 4) is 5.75 Å². The van der Waals surface area contributed by atoms with Gasteiger partial charge in [0.15, 0.2) is 0 Å². The molecule has 24 heavy (non-hydrogen) atoms. The largest absolute Gasteiger partial charge is 0.497 e. The standard InChI is InChI=1S/C17H17N3O3S/c1-11-6-7-12-4-3-5-15(17(12)19-11)20-24(21,22)16-9-8-13(23-2)10-14(16)18/h3-10,20H,18H2,1-2H3. The third-order valence-electron chi connectivity index (χ3n) is 3.61. The van der Waals surface area contributed by atoms with Gasteiger partial charge in [0, 0.05) is 17.1 Å². The predicted molar refractivity (Wildman–Crippen MR) is 94.7 cm³/mol. The van der Waals surface area contributed by atoms with Crippen LogP contribution in [-0.2, 0) is 10.0 Å². The highest BCUT2D eigenvalue weighted by atomic mass is 32.2. The van der Waals surface area contributed by atoms with Crippen molar-refractivity contribution in [3.05, 3.63) is 54.2 Å². The molecule has 0 unspecified atom stereocenters. The van der Waals surface area contributed by atoms with E-state index in [1.165, 1.54) is 19.2 Å². The number of para-hydroxylation sites is 1. The number of aryl methyl sites for hydroxylation is 1. The van der Waals surface area contributed by atoms with Gasteiger partial charge in [-0.1, -0.05) is 18.2 Å². The predicted octanol–water partition coefficient (Wildman–Crippen LogP) is 2.93. The van der Waals surface area contributed by atoms with E-state index in [-0.39, 0.29) is 10.6 Å². The van der Waals surface area contributed by atoms with Crippen LogP contribution in [0.2, 0.25) is 0 Å². The van der Waals surface area contributed by atoms with Gasteiger partial charge in [0.05, 0.1) is 24.0 Å². The summed E-state index contributed by atoms with van der Waals surface area (Å²) >= 11 is 0. The number of anilines is 2. The fourth-order valence-electron chi connectivity index (χ4n) is 2.42. The van der Waals surface area contributed by atoms with Gasteiger partial charge in [0.25, 0.3) is 10.0 Å². The molecule has 1 heterocycles. The van der Waals surface area contributed by atoms with Crippen LogP contribution in [0, 0.1) is 6.92 Å². The van der Waals surface area contributed by atoms with Crippen LogP contribution in [0.15, 0.2) is 53.4 Å². The highest BCUT2D eigenvalue weighted by molar-refractivity contribution is 7.93. The van der Waals surface area contributed by atoms with Gasteiger partial charge in [0.1, 0.15) is 10.6 Å². The van der Waals surface area contributed by atoms with E-state index in [1.807, 2.05) is 25.1 Å². The van der Waals surface area contributed by atoms with Gasteiger partial charge in [-0.05, 0) is 31.2 Å². The molecule has 0 radical (unpaired) electrons. The summed E-state index contributed by atoms with van der Waals surface area (Å²) in [4.78, 5) is 4.42. The van der Waals surface area contributed by atoms with Gasteiger partial charge >= 0.3 is 0 Å². The van der Waals surface area contributed by atoms with Gasteiger partial charge in [-0.15, -0.1) is 0 Å². The number of methoxy groups -OCH3 is 1. The highest BCUT2D eigenvalue weighted by Gasteiger charge is 2.19. The lowest BCUT2D eigenvalue weighted by Crippen LogP contribution is -2.15. The average molecular weight is 343 g/mol. The normalized spacial score (nSPS) is 11.4. The van der Waals surface area contributed by atoms with Crippen LogP contribution in [0.5, 0.6) is 5.75 Å². The number of hydrogen-bond acceptors (Lipinski definition) is 5. The molecule has 0 saturated carbocycles. The minimum absolute atomic E-state index is 0.00652. The fraction of sp³-hybridized carbons (Fsp3) is 0.118. The SMILES string of the molecule is COc1ccc(S(=O)(=O)Nc2cccc3ccc(C)nc23)c(N)c1. The first-order valence-electron chi connectivity index (χ1n) is 7.23. The minimum atomic E-state index is -3.84. The molecule has 2 aromatic carbocycles. The van der Waals surface area contributed by atoms with E-state index in [2.05, 4.69) is 9.71 Å². The summed E-state index contributed by atoms with van der Waals surface area (Å²) in [5.41, 5.74) is 7.78. The molecule has 0 bridgehead atoms. The maximum atomic E-state index is 12.7. The molecule has 1 aromatic heterocycles. The van der Waals surface area contributed by atoms with Crippen molar-refractivity contribution in [1.29, 1.82) is 0 Å². The molecule has 0 saturated heterocycles. The molecular formula is C17H17N3O3S. The van der Waals surface area contributed by atoms with Gasteiger partial charge in [-0.25, -0.2) is 8.42 Å². The van der Waals surface area contributed by atoms with Crippen LogP contribution >= 0.6 is 0 Å². The van der Waals surface area contributed by atoms with Crippen LogP contribution in [0.3, 0.4) is 0 Å². The maximum absolute atomic E-state index is 12.7. The number of sulfonamides is 1. The number of aromatic nitrogens is 1. The van der Waals surface area contributed by atoms with Crippen molar-refractivity contribution >= 4 is 32.3 Å². The van der Waals surface area contributed by atoms with E-state index in [0.29, 0.717) is 17.0 Å². The quantitative estimate of drug-likeness (QED) is 0.710. The molecule has 6 nitrogen and oxygen atoms in total. The number of ether oxygens (including phenoxy) is 1. The molecule has 0 aliphatic rings. The number of rotatable bonds is 4. The molecule has 0 aliphatic carbocycles. The highest BCUT2D eigenvalue weighted by Crippen LogP contribution is 2.28. The smallest absolute Gasteiger partial charge is 0.264 e. The summed E-state index contributed by atoms with van der Waals surface area (Å²) < 4.78 is 33.0. The Bertz CT molecular complexity index is 1020. The second kappa shape index (κ2) is 6.01. The summed E-state index contributed by atoms with van der Waals surface area (Å²) in [5, 5.41) is 0.850. The molecule has 3 aromatic rings. The van der Waals surface area contributed by atoms with E-state index in [4.69, 9.17) is 10.5 Å². The second-order valence-electron chi connectivity index (χ2n) is 5.34. The van der Waals surface area contributed by atoms with Crippen LogP contribution in [0.1, 0.15) is 5.69 Å². The van der Waals surface area contributed by atoms with Gasteiger partial charge in [0.2, 0.25) is 0 Å². The van der Waals surface area contributed by atoms with E-state index >= 15 is 0 Å². The third kappa shape index (κ3) is 2.98. The van der Waals surface area contributed by atoms with Crippen LogP contribution < -0.4 is 15.2 Å². The lowest BCUT2D eigenvalue weighted by Gasteiger charge is -2.12. The fourth-order valence-corrected chi connectivity index (χ4v) is 3.61. The monoisotopic (exact) mass is 343 g/mol. The zero-order valence-corrected chi connectivity index (χ0v) is 14.1. The lowest BCUT2D eigenvalue weighted by molar-refractivity contribution is 0.414. The molecule has 3 rings (SSSR count). The molecule has 124 valence electrons. The van der Waals surface area contributed by atoms with Crippen LogP contribution in [0.25, 0.3) is 10.9 Å². The molecule has 0 aliphatic heterocycles. The summed E-state index contributed by atoms with van der Waals surface area (Å²) in [6.45, 7) is 1.85. The molecule has 0 atom stereocenters. The van der Waals surface area contributed by atoms with Crippen molar-refractivity contribution < 1.29 is 13.2 Å². The van der Waals surface area contributed by atoms with E-state index in [0.717, 1.165) is 11.1 Å². The number of hydrogen-bond donors (Lipinski definition) is 2. The first-order chi connectivity index (χ1) is 11.4. The number of nitrogens with two attached hydrogens (primary N) is 1. The molecular weight excluding hydrogens is 326 g/mol. The van der Waals surface area contributed by atoms with Gasteiger partial charge < -0.3 is 10.5 Å². The Morgan fingerprint density at radius 1 is 1.12 bits per heavy atom. The first kappa shape index (κ1) is 16.1. The van der Waals surface area contributed by atoms with Gasteiger partial charge in [-0.2, -0.15) is 0 Å². The van der Waals surface area contributed by atoms with E-state index in [1.54, 1.807) is 18.2 Å². The first-order valence-corrected chi connectivity index (χ1v) is 8.72. The van der Waals surface area contributed by atoms with Crippen molar-refractivity contribution in [1.82, 2.24) is 4.98 Å². The Morgan fingerprint density at radius 2 is 1.92 bits per heavy atom. The Morgan fingerprint density at radius 3 is 2.62 bits per heavy atom. The average Bonchev–Trinajstić information content (AvgIpc) is 2.54. The molecule has 0 spiro atoms. The Balaban J connectivity index is 2.06. The van der Waals surface area contributed by atoms with Crippen molar-refractivity contribution in [2.45, 2.75) is 11.8 Å². The summed E-state index contributed by atoms with van der Waals surface area (Å²) in [6, 6.07) is 13.5. The number of nitrogens with zero attached hydrogens (tertiary/aromatic N) is 1. The van der Waals surface area contributed by atoms with E-state index < -0.39 is 10.0 Å². The van der Waals surface area contributed by atoms with Crippen molar-refractivity contribution in [2.75, 3.05) is 17.6 Å². The Labute approximate surface area is 140 Å². The summed E-state index contributed by atoms with van der Waals surface area (Å²) in [5.74, 6) is 0.494. The zero-order chi connectivity index (χ0) is 17.3. The molecule has 0 amide bonds. The van der Waals surface area contributed by atoms with E-state index in [9.17, 15) is 8.42 Å². The molecule has 0 fully saturated rings. The summed E-state index contributed by atoms with van der Waals surface area (Å²) in [7, 11) is -2.35. The minimum Gasteiger partial charge on any atom is -0.497 e. The number of nitrogen functional groups attached to an aromatic ring is 1. The van der Waals surface area contributed by atoms with Gasteiger partial charge in [-0.3, -0.25) is 9.71 Å². The van der Waals surface area contributed by atoms with Crippen molar-refractivity contribution in [3.63, 3.8) is 0 Å². The topological polar surface area (TPSA) is 94.3 Å². The number of fused-ring (bicyclic) bond motifs is 1. The number of benzene rings is 2. The van der Waals surface area contributed by atoms with Crippen LogP contribution in [-0.4, -0.2) is 20.5 Å². The third-order valence-corrected chi connectivity index (χ3v) is 5.05. The second-order valence-corrected chi connectivity index (χ2v) is 6.99. The Kier molecular flexibility index (Phi) is 4.02. The number of nitrogens with one attached hydrogen (secondary N) is 1.